The van der Waals surface area contributed by atoms with Gasteiger partial charge in [-0.2, -0.15) is 0 Å². The Labute approximate surface area is 115 Å². The maximum Gasteiger partial charge on any atom is 0.336 e. The molecule has 0 spiro atoms. The van der Waals surface area contributed by atoms with Crippen LogP contribution in [0.15, 0.2) is 44.4 Å². The second-order valence-electron chi connectivity index (χ2n) is 5.00. The Kier molecular flexibility index (Phi) is 3.12. The van der Waals surface area contributed by atoms with Gasteiger partial charge in [0.05, 0.1) is 4.90 Å². The van der Waals surface area contributed by atoms with E-state index in [0.29, 0.717) is 23.8 Å². The standard InChI is InChI=1S/C13H14N2O4S/c14-9-6-10(7-9)15-20(17,18)11-2-3-12-8(5-11)1-4-13(16)19-12/h1-5,9-10,15H,6-7,14H2. The van der Waals surface area contributed by atoms with Crippen LogP contribution in [0.1, 0.15) is 12.8 Å². The molecule has 7 heteroatoms. The van der Waals surface area contributed by atoms with Gasteiger partial charge in [0, 0.05) is 23.5 Å². The van der Waals surface area contributed by atoms with Crippen molar-refractivity contribution in [3.05, 3.63) is 40.8 Å². The molecular weight excluding hydrogens is 280 g/mol. The lowest BCUT2D eigenvalue weighted by atomic mass is 9.89. The van der Waals surface area contributed by atoms with Crippen LogP contribution in [-0.4, -0.2) is 20.5 Å². The van der Waals surface area contributed by atoms with Crippen LogP contribution in [0.5, 0.6) is 0 Å². The summed E-state index contributed by atoms with van der Waals surface area (Å²) in [6.45, 7) is 0. The molecule has 0 unspecified atom stereocenters. The first-order chi connectivity index (χ1) is 9.44. The van der Waals surface area contributed by atoms with E-state index in [2.05, 4.69) is 4.72 Å². The Morgan fingerprint density at radius 3 is 2.65 bits per heavy atom. The molecule has 2 aromatic rings. The van der Waals surface area contributed by atoms with Crippen molar-refractivity contribution in [1.29, 1.82) is 0 Å². The number of rotatable bonds is 3. The van der Waals surface area contributed by atoms with Crippen LogP contribution < -0.4 is 16.1 Å². The molecule has 0 radical (unpaired) electrons. The zero-order valence-electron chi connectivity index (χ0n) is 10.6. The second-order valence-corrected chi connectivity index (χ2v) is 6.72. The van der Waals surface area contributed by atoms with E-state index in [1.807, 2.05) is 0 Å². The lowest BCUT2D eigenvalue weighted by Crippen LogP contribution is -2.50. The molecule has 0 aliphatic heterocycles. The fourth-order valence-corrected chi connectivity index (χ4v) is 3.56. The summed E-state index contributed by atoms with van der Waals surface area (Å²) in [4.78, 5) is 11.2. The number of fused-ring (bicyclic) bond motifs is 1. The number of benzene rings is 1. The van der Waals surface area contributed by atoms with Gasteiger partial charge in [-0.05, 0) is 37.1 Å². The van der Waals surface area contributed by atoms with E-state index in [-0.39, 0.29) is 17.0 Å². The lowest BCUT2D eigenvalue weighted by molar-refractivity contribution is 0.327. The quantitative estimate of drug-likeness (QED) is 0.805. The smallest absolute Gasteiger partial charge is 0.336 e. The molecule has 20 heavy (non-hydrogen) atoms. The van der Waals surface area contributed by atoms with E-state index in [9.17, 15) is 13.2 Å². The molecule has 3 rings (SSSR count). The van der Waals surface area contributed by atoms with Crippen molar-refractivity contribution in [1.82, 2.24) is 4.72 Å². The Hall–Kier alpha value is -1.70. The largest absolute Gasteiger partial charge is 0.423 e. The third-order valence-electron chi connectivity index (χ3n) is 3.40. The van der Waals surface area contributed by atoms with Gasteiger partial charge in [0.15, 0.2) is 0 Å². The molecule has 0 bridgehead atoms. The van der Waals surface area contributed by atoms with Crippen molar-refractivity contribution in [3.63, 3.8) is 0 Å². The predicted molar refractivity (Wildman–Crippen MR) is 73.8 cm³/mol. The molecule has 1 saturated carbocycles. The van der Waals surface area contributed by atoms with Gasteiger partial charge in [-0.15, -0.1) is 0 Å². The highest BCUT2D eigenvalue weighted by molar-refractivity contribution is 7.89. The Morgan fingerprint density at radius 1 is 1.20 bits per heavy atom. The van der Waals surface area contributed by atoms with Crippen LogP contribution in [0.3, 0.4) is 0 Å². The summed E-state index contributed by atoms with van der Waals surface area (Å²) in [5, 5.41) is 0.567. The molecule has 106 valence electrons. The summed E-state index contributed by atoms with van der Waals surface area (Å²) >= 11 is 0. The molecule has 3 N–H and O–H groups in total. The van der Waals surface area contributed by atoms with Crippen molar-refractivity contribution in [3.8, 4) is 0 Å². The number of hydrogen-bond acceptors (Lipinski definition) is 5. The minimum Gasteiger partial charge on any atom is -0.423 e. The van der Waals surface area contributed by atoms with E-state index in [4.69, 9.17) is 10.2 Å². The average molecular weight is 294 g/mol. The topological polar surface area (TPSA) is 102 Å². The van der Waals surface area contributed by atoms with E-state index in [0.717, 1.165) is 0 Å². The van der Waals surface area contributed by atoms with E-state index in [1.165, 1.54) is 24.3 Å². The molecule has 1 aliphatic rings. The van der Waals surface area contributed by atoms with E-state index in [1.54, 1.807) is 6.07 Å². The molecule has 1 fully saturated rings. The van der Waals surface area contributed by atoms with Gasteiger partial charge in [-0.3, -0.25) is 0 Å². The minimum absolute atomic E-state index is 0.0774. The first-order valence-corrected chi connectivity index (χ1v) is 7.74. The van der Waals surface area contributed by atoms with Crippen LogP contribution in [-0.2, 0) is 10.0 Å². The first kappa shape index (κ1) is 13.3. The van der Waals surface area contributed by atoms with Crippen LogP contribution in [0.4, 0.5) is 0 Å². The monoisotopic (exact) mass is 294 g/mol. The van der Waals surface area contributed by atoms with Crippen LogP contribution in [0, 0.1) is 0 Å². The Bertz CT molecular complexity index is 806. The summed E-state index contributed by atoms with van der Waals surface area (Å²) in [7, 11) is -3.57. The third kappa shape index (κ3) is 2.47. The summed E-state index contributed by atoms with van der Waals surface area (Å²) in [6, 6.07) is 7.17. The summed E-state index contributed by atoms with van der Waals surface area (Å²) in [6.07, 6.45) is 1.31. The summed E-state index contributed by atoms with van der Waals surface area (Å²) in [5.41, 5.74) is 5.54. The highest BCUT2D eigenvalue weighted by Gasteiger charge is 2.30. The normalized spacial score (nSPS) is 22.6. The van der Waals surface area contributed by atoms with Gasteiger partial charge in [-0.25, -0.2) is 17.9 Å². The Balaban J connectivity index is 1.93. The van der Waals surface area contributed by atoms with Gasteiger partial charge in [0.25, 0.3) is 0 Å². The van der Waals surface area contributed by atoms with Crippen LogP contribution >= 0.6 is 0 Å². The molecule has 1 aromatic heterocycles. The second kappa shape index (κ2) is 4.69. The van der Waals surface area contributed by atoms with Gasteiger partial charge in [-0.1, -0.05) is 0 Å². The lowest BCUT2D eigenvalue weighted by Gasteiger charge is -2.32. The number of nitrogens with two attached hydrogens (primary N) is 1. The fraction of sp³-hybridized carbons (Fsp3) is 0.308. The van der Waals surface area contributed by atoms with Gasteiger partial charge >= 0.3 is 5.63 Å². The van der Waals surface area contributed by atoms with Crippen molar-refractivity contribution >= 4 is 21.0 Å². The summed E-state index contributed by atoms with van der Waals surface area (Å²) < 4.78 is 32.0. The molecule has 1 aliphatic carbocycles. The third-order valence-corrected chi connectivity index (χ3v) is 4.92. The molecule has 6 nitrogen and oxygen atoms in total. The van der Waals surface area contributed by atoms with Crippen molar-refractivity contribution < 1.29 is 12.8 Å². The first-order valence-electron chi connectivity index (χ1n) is 6.26. The average Bonchev–Trinajstić information content (AvgIpc) is 2.36. The number of sulfonamides is 1. The fourth-order valence-electron chi connectivity index (χ4n) is 2.26. The van der Waals surface area contributed by atoms with Crippen LogP contribution in [0.25, 0.3) is 11.0 Å². The predicted octanol–water partition coefficient (Wildman–Crippen LogP) is 0.561. The maximum absolute atomic E-state index is 12.2. The molecule has 1 heterocycles. The van der Waals surface area contributed by atoms with Crippen LogP contribution in [0.2, 0.25) is 0 Å². The van der Waals surface area contributed by atoms with Gasteiger partial charge in [0.1, 0.15) is 5.58 Å². The van der Waals surface area contributed by atoms with Crippen molar-refractivity contribution in [2.45, 2.75) is 29.8 Å². The highest BCUT2D eigenvalue weighted by Crippen LogP contribution is 2.22. The SMILES string of the molecule is NC1CC(NS(=O)(=O)c2ccc3oc(=O)ccc3c2)C1. The molecular formula is C13H14N2O4S. The maximum atomic E-state index is 12.2. The zero-order valence-corrected chi connectivity index (χ0v) is 11.4. The van der Waals surface area contributed by atoms with Crippen molar-refractivity contribution in [2.75, 3.05) is 0 Å². The van der Waals surface area contributed by atoms with Gasteiger partial charge in [0.2, 0.25) is 10.0 Å². The molecule has 1 aromatic carbocycles. The van der Waals surface area contributed by atoms with E-state index >= 15 is 0 Å². The van der Waals surface area contributed by atoms with E-state index < -0.39 is 15.6 Å². The summed E-state index contributed by atoms with van der Waals surface area (Å²) in [5.74, 6) is 0. The zero-order chi connectivity index (χ0) is 14.3. The van der Waals surface area contributed by atoms with Gasteiger partial charge < -0.3 is 10.2 Å². The number of nitrogens with one attached hydrogen (secondary N) is 1. The molecule has 0 amide bonds. The van der Waals surface area contributed by atoms with Crippen molar-refractivity contribution in [2.24, 2.45) is 5.73 Å². The minimum atomic E-state index is -3.57. The molecule has 0 saturated heterocycles. The Morgan fingerprint density at radius 2 is 1.95 bits per heavy atom. The number of hydrogen-bond donors (Lipinski definition) is 2. The highest BCUT2D eigenvalue weighted by atomic mass is 32.2. The molecule has 0 atom stereocenters.